The first kappa shape index (κ1) is 12.5. The van der Waals surface area contributed by atoms with Gasteiger partial charge in [-0.05, 0) is 25.7 Å². The quantitative estimate of drug-likeness (QED) is 0.599. The molecule has 1 saturated heterocycles. The summed E-state index contributed by atoms with van der Waals surface area (Å²) in [4.78, 5) is 25.9. The second-order valence-corrected chi connectivity index (χ2v) is 5.37. The normalized spacial score (nSPS) is 24.8. The number of imide groups is 1. The van der Waals surface area contributed by atoms with Crippen LogP contribution in [0.15, 0.2) is 0 Å². The lowest BCUT2D eigenvalue weighted by Gasteiger charge is -2.38. The number of nitrogens with zero attached hydrogens (tertiary/aromatic N) is 1. The number of thiocarbonyl (C=S) groups is 1. The van der Waals surface area contributed by atoms with Gasteiger partial charge in [0.05, 0.1) is 4.99 Å². The van der Waals surface area contributed by atoms with Gasteiger partial charge in [-0.3, -0.25) is 14.5 Å². The third kappa shape index (κ3) is 2.08. The second-order valence-electron chi connectivity index (χ2n) is 4.93. The minimum atomic E-state index is -0.659. The first-order valence-corrected chi connectivity index (χ1v) is 6.64. The van der Waals surface area contributed by atoms with E-state index in [1.807, 2.05) is 0 Å². The molecule has 0 bridgehead atoms. The molecule has 17 heavy (non-hydrogen) atoms. The highest BCUT2D eigenvalue weighted by Crippen LogP contribution is 2.37. The molecule has 1 aliphatic carbocycles. The lowest BCUT2D eigenvalue weighted by atomic mass is 9.94. The molecule has 2 N–H and O–H groups in total. The molecule has 2 amide bonds. The highest BCUT2D eigenvalue weighted by molar-refractivity contribution is 7.80. The van der Waals surface area contributed by atoms with E-state index in [-0.39, 0.29) is 11.8 Å². The molecule has 4 nitrogen and oxygen atoms in total. The summed E-state index contributed by atoms with van der Waals surface area (Å²) in [6.07, 6.45) is 5.89. The minimum Gasteiger partial charge on any atom is -0.391 e. The first-order valence-electron chi connectivity index (χ1n) is 6.24. The van der Waals surface area contributed by atoms with E-state index < -0.39 is 5.54 Å². The minimum absolute atomic E-state index is 0.0952. The van der Waals surface area contributed by atoms with E-state index in [9.17, 15) is 9.59 Å². The molecule has 0 aromatic carbocycles. The Morgan fingerprint density at radius 3 is 1.94 bits per heavy atom. The highest BCUT2D eigenvalue weighted by atomic mass is 32.1. The van der Waals surface area contributed by atoms with Gasteiger partial charge in [0.15, 0.2) is 0 Å². The summed E-state index contributed by atoms with van der Waals surface area (Å²) < 4.78 is 0. The van der Waals surface area contributed by atoms with Gasteiger partial charge in [0.25, 0.3) is 0 Å². The van der Waals surface area contributed by atoms with Crippen molar-refractivity contribution in [3.05, 3.63) is 0 Å². The molecule has 5 heteroatoms. The molecule has 0 radical (unpaired) electrons. The van der Waals surface area contributed by atoms with Crippen LogP contribution in [0, 0.1) is 0 Å². The molecule has 0 atom stereocenters. The fraction of sp³-hybridized carbons (Fsp3) is 0.750. The maximum Gasteiger partial charge on any atom is 0.230 e. The average molecular weight is 254 g/mol. The van der Waals surface area contributed by atoms with E-state index in [2.05, 4.69) is 0 Å². The Morgan fingerprint density at radius 1 is 1.06 bits per heavy atom. The Balaban J connectivity index is 2.36. The number of amides is 2. The fourth-order valence-corrected chi connectivity index (χ4v) is 3.23. The number of hydrogen-bond acceptors (Lipinski definition) is 3. The van der Waals surface area contributed by atoms with Crippen molar-refractivity contribution in [3.8, 4) is 0 Å². The summed E-state index contributed by atoms with van der Waals surface area (Å²) in [6, 6.07) is 0. The molecule has 94 valence electrons. The van der Waals surface area contributed by atoms with Crippen molar-refractivity contribution in [1.82, 2.24) is 4.90 Å². The number of nitrogens with two attached hydrogens (primary N) is 1. The standard InChI is InChI=1S/C12H18N2O2S/c13-11(17)12(7-3-4-8-12)14-9(15)5-1-2-6-10(14)16/h1-8H2,(H2,13,17). The molecule has 2 fully saturated rings. The van der Waals surface area contributed by atoms with Crippen LogP contribution >= 0.6 is 12.2 Å². The number of hydrogen-bond donors (Lipinski definition) is 1. The monoisotopic (exact) mass is 254 g/mol. The zero-order chi connectivity index (χ0) is 12.5. The lowest BCUT2D eigenvalue weighted by molar-refractivity contribution is -0.148. The summed E-state index contributed by atoms with van der Waals surface area (Å²) in [5.74, 6) is -0.190. The third-order valence-corrected chi connectivity index (χ3v) is 4.23. The second kappa shape index (κ2) is 4.72. The van der Waals surface area contributed by atoms with Gasteiger partial charge in [-0.25, -0.2) is 0 Å². The van der Waals surface area contributed by atoms with Crippen LogP contribution in [0.5, 0.6) is 0 Å². The maximum atomic E-state index is 12.1. The van der Waals surface area contributed by atoms with Crippen LogP contribution in [0.25, 0.3) is 0 Å². The summed E-state index contributed by atoms with van der Waals surface area (Å²) >= 11 is 5.13. The zero-order valence-corrected chi connectivity index (χ0v) is 10.7. The van der Waals surface area contributed by atoms with E-state index >= 15 is 0 Å². The summed E-state index contributed by atoms with van der Waals surface area (Å²) in [7, 11) is 0. The zero-order valence-electron chi connectivity index (χ0n) is 9.91. The number of likely N-dealkylation sites (tertiary alicyclic amines) is 1. The van der Waals surface area contributed by atoms with Crippen molar-refractivity contribution in [2.24, 2.45) is 5.73 Å². The van der Waals surface area contributed by atoms with Crippen LogP contribution in [0.1, 0.15) is 51.4 Å². The third-order valence-electron chi connectivity index (χ3n) is 3.85. The van der Waals surface area contributed by atoms with Crippen LogP contribution in [0.2, 0.25) is 0 Å². The van der Waals surface area contributed by atoms with Crippen LogP contribution in [-0.4, -0.2) is 27.2 Å². The van der Waals surface area contributed by atoms with E-state index in [0.29, 0.717) is 17.8 Å². The van der Waals surface area contributed by atoms with E-state index in [1.54, 1.807) is 0 Å². The van der Waals surface area contributed by atoms with Gasteiger partial charge >= 0.3 is 0 Å². The van der Waals surface area contributed by atoms with Gasteiger partial charge in [-0.15, -0.1) is 0 Å². The predicted octanol–water partition coefficient (Wildman–Crippen LogP) is 1.51. The molecule has 0 aromatic heterocycles. The molecule has 2 rings (SSSR count). The van der Waals surface area contributed by atoms with Gasteiger partial charge < -0.3 is 5.73 Å². The summed E-state index contributed by atoms with van der Waals surface area (Å²) in [5, 5.41) is 0. The van der Waals surface area contributed by atoms with Gasteiger partial charge in [0, 0.05) is 12.8 Å². The topological polar surface area (TPSA) is 63.4 Å². The number of rotatable bonds is 2. The van der Waals surface area contributed by atoms with Gasteiger partial charge in [-0.1, -0.05) is 25.1 Å². The van der Waals surface area contributed by atoms with Gasteiger partial charge in [-0.2, -0.15) is 0 Å². The van der Waals surface area contributed by atoms with Crippen LogP contribution in [-0.2, 0) is 9.59 Å². The van der Waals surface area contributed by atoms with E-state index in [0.717, 1.165) is 38.5 Å². The molecular formula is C12H18N2O2S. The molecule has 2 aliphatic rings. The highest BCUT2D eigenvalue weighted by Gasteiger charge is 2.47. The van der Waals surface area contributed by atoms with Crippen molar-refractivity contribution in [1.29, 1.82) is 0 Å². The van der Waals surface area contributed by atoms with E-state index in [1.165, 1.54) is 4.90 Å². The smallest absolute Gasteiger partial charge is 0.230 e. The first-order chi connectivity index (χ1) is 8.08. The van der Waals surface area contributed by atoms with Crippen molar-refractivity contribution in [2.75, 3.05) is 0 Å². The van der Waals surface area contributed by atoms with Crippen molar-refractivity contribution in [2.45, 2.75) is 56.9 Å². The summed E-state index contributed by atoms with van der Waals surface area (Å²) in [5.41, 5.74) is 5.17. The molecule has 0 unspecified atom stereocenters. The SMILES string of the molecule is NC(=S)C1(N2C(=O)CCCCC2=O)CCCC1. The molecule has 1 saturated carbocycles. The van der Waals surface area contributed by atoms with Crippen molar-refractivity contribution in [3.63, 3.8) is 0 Å². The molecule has 1 heterocycles. The van der Waals surface area contributed by atoms with Crippen LogP contribution in [0.3, 0.4) is 0 Å². The Kier molecular flexibility index (Phi) is 3.47. The largest absolute Gasteiger partial charge is 0.391 e. The number of carbonyl (C=O) groups excluding carboxylic acids is 2. The Morgan fingerprint density at radius 2 is 1.53 bits per heavy atom. The van der Waals surface area contributed by atoms with Gasteiger partial charge in [0.1, 0.15) is 5.54 Å². The number of carbonyl (C=O) groups is 2. The molecule has 1 aliphatic heterocycles. The van der Waals surface area contributed by atoms with Crippen molar-refractivity contribution >= 4 is 29.0 Å². The van der Waals surface area contributed by atoms with Crippen molar-refractivity contribution < 1.29 is 9.59 Å². The van der Waals surface area contributed by atoms with Crippen LogP contribution in [0.4, 0.5) is 0 Å². The Bertz CT molecular complexity index is 344. The van der Waals surface area contributed by atoms with E-state index in [4.69, 9.17) is 18.0 Å². The Hall–Kier alpha value is -0.970. The lowest BCUT2D eigenvalue weighted by Crippen LogP contribution is -2.59. The maximum absolute atomic E-state index is 12.1. The Labute approximate surface area is 107 Å². The molecular weight excluding hydrogens is 236 g/mol. The van der Waals surface area contributed by atoms with Gasteiger partial charge in [0.2, 0.25) is 11.8 Å². The average Bonchev–Trinajstić information content (AvgIpc) is 2.69. The van der Waals surface area contributed by atoms with Crippen LogP contribution < -0.4 is 5.73 Å². The summed E-state index contributed by atoms with van der Waals surface area (Å²) in [6.45, 7) is 0. The fourth-order valence-electron chi connectivity index (χ4n) is 2.93. The molecule has 0 aromatic rings. The predicted molar refractivity (Wildman–Crippen MR) is 68.3 cm³/mol. The molecule has 0 spiro atoms.